The second kappa shape index (κ2) is 9.18. The largest absolute Gasteiger partial charge is 0.368 e. The summed E-state index contributed by atoms with van der Waals surface area (Å²) in [6.07, 6.45) is 5.64. The molecule has 0 unspecified atom stereocenters. The molecule has 0 radical (unpaired) electrons. The Bertz CT molecular complexity index is 1360. The standard InChI is InChI=1S/C29H30N4O/c1-21-7-9-24(10-8-21)29-26(33-14-13-23(3)20-27(33)30-29)11-12-28(34)32-17-15-31(16-18-32)25-6-4-5-22(2)19-25/h4-14,19-20H,15-18H2,1-3H3/b12-11+. The predicted molar refractivity (Wildman–Crippen MR) is 139 cm³/mol. The summed E-state index contributed by atoms with van der Waals surface area (Å²) in [7, 11) is 0. The van der Waals surface area contributed by atoms with Gasteiger partial charge in [0.05, 0.1) is 11.4 Å². The highest BCUT2D eigenvalue weighted by atomic mass is 16.2. The highest BCUT2D eigenvalue weighted by molar-refractivity contribution is 5.93. The van der Waals surface area contributed by atoms with E-state index in [0.29, 0.717) is 13.1 Å². The van der Waals surface area contributed by atoms with Gasteiger partial charge in [-0.15, -0.1) is 0 Å². The van der Waals surface area contributed by atoms with Crippen molar-refractivity contribution >= 4 is 23.3 Å². The van der Waals surface area contributed by atoms with Gasteiger partial charge in [-0.3, -0.25) is 9.20 Å². The highest BCUT2D eigenvalue weighted by Gasteiger charge is 2.20. The lowest BCUT2D eigenvalue weighted by molar-refractivity contribution is -0.126. The van der Waals surface area contributed by atoms with E-state index in [-0.39, 0.29) is 5.91 Å². The summed E-state index contributed by atoms with van der Waals surface area (Å²) < 4.78 is 2.06. The van der Waals surface area contributed by atoms with E-state index in [2.05, 4.69) is 90.7 Å². The van der Waals surface area contributed by atoms with Crippen molar-refractivity contribution in [1.82, 2.24) is 14.3 Å². The van der Waals surface area contributed by atoms with E-state index in [1.165, 1.54) is 16.8 Å². The molecule has 0 N–H and O–H groups in total. The molecule has 1 aliphatic rings. The molecule has 2 aromatic carbocycles. The van der Waals surface area contributed by atoms with Gasteiger partial charge in [-0.1, -0.05) is 42.0 Å². The number of anilines is 1. The van der Waals surface area contributed by atoms with Gasteiger partial charge in [-0.05, 0) is 62.2 Å². The third-order valence-corrected chi connectivity index (χ3v) is 6.49. The number of amides is 1. The van der Waals surface area contributed by atoms with Crippen LogP contribution < -0.4 is 4.90 Å². The van der Waals surface area contributed by atoms with Crippen LogP contribution >= 0.6 is 0 Å². The minimum Gasteiger partial charge on any atom is -0.368 e. The minimum absolute atomic E-state index is 0.0424. The Morgan fingerprint density at radius 3 is 2.32 bits per heavy atom. The maximum Gasteiger partial charge on any atom is 0.246 e. The van der Waals surface area contributed by atoms with Crippen LogP contribution in [0.15, 0.2) is 72.9 Å². The number of benzene rings is 2. The predicted octanol–water partition coefficient (Wildman–Crippen LogP) is 5.29. The van der Waals surface area contributed by atoms with Crippen molar-refractivity contribution in [3.8, 4) is 11.3 Å². The van der Waals surface area contributed by atoms with Crippen LogP contribution in [0.2, 0.25) is 0 Å². The van der Waals surface area contributed by atoms with Crippen molar-refractivity contribution in [2.24, 2.45) is 0 Å². The molecule has 4 aromatic rings. The fourth-order valence-electron chi connectivity index (χ4n) is 4.51. The fraction of sp³-hybridized carbons (Fsp3) is 0.241. The molecule has 1 fully saturated rings. The number of carbonyl (C=O) groups is 1. The summed E-state index contributed by atoms with van der Waals surface area (Å²) in [5, 5.41) is 0. The molecule has 0 bridgehead atoms. The van der Waals surface area contributed by atoms with Crippen LogP contribution in [0, 0.1) is 20.8 Å². The van der Waals surface area contributed by atoms with E-state index in [4.69, 9.17) is 4.98 Å². The van der Waals surface area contributed by atoms with Crippen LogP contribution in [0.3, 0.4) is 0 Å². The van der Waals surface area contributed by atoms with E-state index in [9.17, 15) is 4.79 Å². The Morgan fingerprint density at radius 2 is 1.59 bits per heavy atom. The van der Waals surface area contributed by atoms with E-state index >= 15 is 0 Å². The second-order valence-corrected chi connectivity index (χ2v) is 9.13. The Kier molecular flexibility index (Phi) is 5.93. The second-order valence-electron chi connectivity index (χ2n) is 9.13. The molecule has 0 spiro atoms. The van der Waals surface area contributed by atoms with Crippen molar-refractivity contribution in [2.75, 3.05) is 31.1 Å². The average Bonchev–Trinajstić information content (AvgIpc) is 3.20. The summed E-state index contributed by atoms with van der Waals surface area (Å²) in [5.74, 6) is 0.0424. The number of nitrogens with zero attached hydrogens (tertiary/aromatic N) is 4. The Hall–Kier alpha value is -3.86. The van der Waals surface area contributed by atoms with E-state index in [1.807, 2.05) is 17.2 Å². The van der Waals surface area contributed by atoms with Crippen LogP contribution in [0.25, 0.3) is 23.0 Å². The van der Waals surface area contributed by atoms with Crippen molar-refractivity contribution in [3.05, 3.63) is 95.3 Å². The maximum absolute atomic E-state index is 13.1. The van der Waals surface area contributed by atoms with Gasteiger partial charge in [0.2, 0.25) is 5.91 Å². The molecular formula is C29H30N4O. The first-order valence-electron chi connectivity index (χ1n) is 11.8. The number of pyridine rings is 1. The molecule has 5 rings (SSSR count). The molecule has 0 atom stereocenters. The van der Waals surface area contributed by atoms with Gasteiger partial charge < -0.3 is 9.80 Å². The lowest BCUT2D eigenvalue weighted by atomic mass is 10.1. The van der Waals surface area contributed by atoms with Crippen molar-refractivity contribution < 1.29 is 4.79 Å². The van der Waals surface area contributed by atoms with Crippen molar-refractivity contribution in [2.45, 2.75) is 20.8 Å². The van der Waals surface area contributed by atoms with Gasteiger partial charge in [0.25, 0.3) is 0 Å². The van der Waals surface area contributed by atoms with Gasteiger partial charge in [-0.25, -0.2) is 4.98 Å². The number of aryl methyl sites for hydroxylation is 3. The molecule has 34 heavy (non-hydrogen) atoms. The molecule has 0 saturated carbocycles. The van der Waals surface area contributed by atoms with E-state index in [1.54, 1.807) is 6.08 Å². The molecule has 2 aromatic heterocycles. The maximum atomic E-state index is 13.1. The molecule has 1 saturated heterocycles. The molecule has 1 amide bonds. The van der Waals surface area contributed by atoms with Crippen LogP contribution in [-0.4, -0.2) is 46.4 Å². The molecule has 5 nitrogen and oxygen atoms in total. The zero-order valence-corrected chi connectivity index (χ0v) is 20.0. The molecule has 0 aliphatic carbocycles. The van der Waals surface area contributed by atoms with Gasteiger partial charge in [-0.2, -0.15) is 0 Å². The number of imidazole rings is 1. The third-order valence-electron chi connectivity index (χ3n) is 6.49. The van der Waals surface area contributed by atoms with Crippen LogP contribution in [-0.2, 0) is 4.79 Å². The number of hydrogen-bond donors (Lipinski definition) is 0. The summed E-state index contributed by atoms with van der Waals surface area (Å²) in [6.45, 7) is 9.37. The van der Waals surface area contributed by atoms with Crippen LogP contribution in [0.5, 0.6) is 0 Å². The van der Waals surface area contributed by atoms with E-state index in [0.717, 1.165) is 41.3 Å². The molecular weight excluding hydrogens is 420 g/mol. The SMILES string of the molecule is Cc1ccc(-c2nc3cc(C)ccn3c2/C=C/C(=O)N2CCN(c3cccc(C)c3)CC2)cc1. The number of hydrogen-bond acceptors (Lipinski definition) is 3. The first-order valence-corrected chi connectivity index (χ1v) is 11.8. The molecule has 3 heterocycles. The Balaban J connectivity index is 1.37. The number of fused-ring (bicyclic) bond motifs is 1. The highest BCUT2D eigenvalue weighted by Crippen LogP contribution is 2.27. The zero-order chi connectivity index (χ0) is 23.7. The van der Waals surface area contributed by atoms with Crippen LogP contribution in [0.4, 0.5) is 5.69 Å². The molecule has 5 heteroatoms. The van der Waals surface area contributed by atoms with Crippen molar-refractivity contribution in [1.29, 1.82) is 0 Å². The summed E-state index contributed by atoms with van der Waals surface area (Å²) in [5.41, 5.74) is 8.59. The first-order chi connectivity index (χ1) is 16.5. The summed E-state index contributed by atoms with van der Waals surface area (Å²) in [6, 6.07) is 21.1. The first kappa shape index (κ1) is 22.0. The number of aromatic nitrogens is 2. The Morgan fingerprint density at radius 1 is 0.853 bits per heavy atom. The normalized spacial score (nSPS) is 14.3. The lowest BCUT2D eigenvalue weighted by Gasteiger charge is -2.35. The minimum atomic E-state index is 0.0424. The molecule has 172 valence electrons. The smallest absolute Gasteiger partial charge is 0.246 e. The van der Waals surface area contributed by atoms with Gasteiger partial charge >= 0.3 is 0 Å². The quantitative estimate of drug-likeness (QED) is 0.397. The third kappa shape index (κ3) is 4.46. The molecule has 1 aliphatic heterocycles. The van der Waals surface area contributed by atoms with Crippen molar-refractivity contribution in [3.63, 3.8) is 0 Å². The number of rotatable bonds is 4. The van der Waals surface area contributed by atoms with Gasteiger partial charge in [0, 0.05) is 49.7 Å². The lowest BCUT2D eigenvalue weighted by Crippen LogP contribution is -2.48. The van der Waals surface area contributed by atoms with E-state index < -0.39 is 0 Å². The number of carbonyl (C=O) groups excluding carboxylic acids is 1. The fourth-order valence-corrected chi connectivity index (χ4v) is 4.51. The number of piperazine rings is 1. The Labute approximate surface area is 201 Å². The summed E-state index contributed by atoms with van der Waals surface area (Å²) in [4.78, 5) is 22.2. The average molecular weight is 451 g/mol. The summed E-state index contributed by atoms with van der Waals surface area (Å²) >= 11 is 0. The van der Waals surface area contributed by atoms with Gasteiger partial charge in [0.15, 0.2) is 0 Å². The monoisotopic (exact) mass is 450 g/mol. The topological polar surface area (TPSA) is 40.9 Å². The zero-order valence-electron chi connectivity index (χ0n) is 20.0. The van der Waals surface area contributed by atoms with Gasteiger partial charge in [0.1, 0.15) is 5.65 Å². The van der Waals surface area contributed by atoms with Crippen LogP contribution in [0.1, 0.15) is 22.4 Å².